The number of rotatable bonds is 6. The monoisotopic (exact) mass is 284 g/mol. The standard InChI is InChI=1S/C12H13FN2O5/c13-8-4-2-1-3-7(8)11(18)15-6-10(17)14-5-9(16)12(19)20/h1-4,9,16H,5-6H2,(H,14,17)(H,15,18)(H,19,20). The molecule has 0 bridgehead atoms. The summed E-state index contributed by atoms with van der Waals surface area (Å²) in [5, 5.41) is 21.6. The van der Waals surface area contributed by atoms with Crippen LogP contribution < -0.4 is 10.6 Å². The van der Waals surface area contributed by atoms with Crippen LogP contribution in [-0.2, 0) is 9.59 Å². The van der Waals surface area contributed by atoms with Crippen LogP contribution in [0.4, 0.5) is 4.39 Å². The van der Waals surface area contributed by atoms with Gasteiger partial charge in [0.15, 0.2) is 6.10 Å². The lowest BCUT2D eigenvalue weighted by molar-refractivity contribution is -0.146. The van der Waals surface area contributed by atoms with E-state index in [1.165, 1.54) is 18.2 Å². The molecule has 108 valence electrons. The third-order valence-corrected chi connectivity index (χ3v) is 2.31. The summed E-state index contributed by atoms with van der Waals surface area (Å²) in [4.78, 5) is 33.1. The fourth-order valence-electron chi connectivity index (χ4n) is 1.26. The zero-order valence-electron chi connectivity index (χ0n) is 10.3. The van der Waals surface area contributed by atoms with Crippen LogP contribution in [0.25, 0.3) is 0 Å². The van der Waals surface area contributed by atoms with Gasteiger partial charge in [0.2, 0.25) is 5.91 Å². The molecule has 20 heavy (non-hydrogen) atoms. The molecule has 0 heterocycles. The Morgan fingerprint density at radius 1 is 1.20 bits per heavy atom. The largest absolute Gasteiger partial charge is 0.479 e. The number of hydrogen-bond acceptors (Lipinski definition) is 4. The molecular formula is C12H13FN2O5. The molecule has 4 N–H and O–H groups in total. The molecule has 0 saturated carbocycles. The quantitative estimate of drug-likeness (QED) is 0.541. The second-order valence-electron chi connectivity index (χ2n) is 3.82. The molecule has 1 atom stereocenters. The van der Waals surface area contributed by atoms with E-state index in [1.807, 2.05) is 0 Å². The van der Waals surface area contributed by atoms with Crippen LogP contribution in [0, 0.1) is 5.82 Å². The SMILES string of the molecule is O=C(CNC(=O)c1ccccc1F)NCC(O)C(=O)O. The molecule has 1 aromatic rings. The number of carboxylic acid groups (broad SMARTS) is 1. The average molecular weight is 284 g/mol. The Hall–Kier alpha value is -2.48. The number of amides is 2. The maximum atomic E-state index is 13.2. The van der Waals surface area contributed by atoms with Crippen LogP contribution in [0.5, 0.6) is 0 Å². The predicted octanol–water partition coefficient (Wildman–Crippen LogP) is -0.883. The number of benzene rings is 1. The number of nitrogens with one attached hydrogen (secondary N) is 2. The van der Waals surface area contributed by atoms with E-state index >= 15 is 0 Å². The molecule has 1 rings (SSSR count). The molecule has 0 spiro atoms. The molecule has 0 fully saturated rings. The van der Waals surface area contributed by atoms with E-state index in [1.54, 1.807) is 0 Å². The molecule has 0 saturated heterocycles. The molecule has 7 nitrogen and oxygen atoms in total. The Balaban J connectivity index is 2.40. The van der Waals surface area contributed by atoms with Gasteiger partial charge in [-0.05, 0) is 12.1 Å². The predicted molar refractivity (Wildman–Crippen MR) is 65.4 cm³/mol. The van der Waals surface area contributed by atoms with Crippen LogP contribution >= 0.6 is 0 Å². The molecule has 0 aromatic heterocycles. The smallest absolute Gasteiger partial charge is 0.334 e. The van der Waals surface area contributed by atoms with Crippen molar-refractivity contribution in [2.75, 3.05) is 13.1 Å². The number of carbonyl (C=O) groups is 3. The Morgan fingerprint density at radius 3 is 2.45 bits per heavy atom. The number of halogens is 1. The Morgan fingerprint density at radius 2 is 1.85 bits per heavy atom. The van der Waals surface area contributed by atoms with Gasteiger partial charge in [-0.25, -0.2) is 9.18 Å². The van der Waals surface area contributed by atoms with Crippen molar-refractivity contribution in [1.82, 2.24) is 10.6 Å². The summed E-state index contributed by atoms with van der Waals surface area (Å²) in [5.74, 6) is -3.65. The summed E-state index contributed by atoms with van der Waals surface area (Å²) in [5.41, 5.74) is -0.203. The first-order valence-electron chi connectivity index (χ1n) is 5.62. The first-order chi connectivity index (χ1) is 9.41. The van der Waals surface area contributed by atoms with Gasteiger partial charge in [-0.2, -0.15) is 0 Å². The van der Waals surface area contributed by atoms with Gasteiger partial charge in [0.25, 0.3) is 5.91 Å². The third-order valence-electron chi connectivity index (χ3n) is 2.31. The minimum absolute atomic E-state index is 0.203. The molecular weight excluding hydrogens is 271 g/mol. The van der Waals surface area contributed by atoms with E-state index < -0.39 is 42.8 Å². The highest BCUT2D eigenvalue weighted by molar-refractivity contribution is 5.96. The molecule has 0 radical (unpaired) electrons. The molecule has 8 heteroatoms. The Labute approximate surface area is 113 Å². The van der Waals surface area contributed by atoms with Crippen LogP contribution in [0.2, 0.25) is 0 Å². The van der Waals surface area contributed by atoms with Crippen molar-refractivity contribution in [3.05, 3.63) is 35.6 Å². The van der Waals surface area contributed by atoms with Crippen molar-refractivity contribution in [3.63, 3.8) is 0 Å². The van der Waals surface area contributed by atoms with Gasteiger partial charge in [0.05, 0.1) is 18.7 Å². The maximum absolute atomic E-state index is 13.2. The first-order valence-corrected chi connectivity index (χ1v) is 5.62. The third kappa shape index (κ3) is 4.65. The van der Waals surface area contributed by atoms with Gasteiger partial charge in [-0.15, -0.1) is 0 Å². The van der Waals surface area contributed by atoms with E-state index in [9.17, 15) is 18.8 Å². The summed E-state index contributed by atoms with van der Waals surface area (Å²) in [7, 11) is 0. The van der Waals surface area contributed by atoms with Crippen molar-refractivity contribution in [3.8, 4) is 0 Å². The van der Waals surface area contributed by atoms with Gasteiger partial charge in [-0.3, -0.25) is 9.59 Å². The first kappa shape index (κ1) is 15.6. The summed E-state index contributed by atoms with van der Waals surface area (Å²) in [6.07, 6.45) is -1.72. The van der Waals surface area contributed by atoms with Crippen molar-refractivity contribution in [2.24, 2.45) is 0 Å². The normalized spacial score (nSPS) is 11.5. The Bertz CT molecular complexity index is 520. The minimum atomic E-state index is -1.72. The molecule has 1 aromatic carbocycles. The van der Waals surface area contributed by atoms with Crippen LogP contribution in [0.3, 0.4) is 0 Å². The van der Waals surface area contributed by atoms with Gasteiger partial charge in [0.1, 0.15) is 5.82 Å². The van der Waals surface area contributed by atoms with Gasteiger partial charge < -0.3 is 20.8 Å². The number of aliphatic hydroxyl groups is 1. The minimum Gasteiger partial charge on any atom is -0.479 e. The molecule has 0 aliphatic rings. The van der Waals surface area contributed by atoms with Gasteiger partial charge >= 0.3 is 5.97 Å². The fourth-order valence-corrected chi connectivity index (χ4v) is 1.26. The van der Waals surface area contributed by atoms with E-state index in [4.69, 9.17) is 10.2 Å². The highest BCUT2D eigenvalue weighted by Crippen LogP contribution is 2.05. The van der Waals surface area contributed by atoms with E-state index in [0.29, 0.717) is 0 Å². The summed E-state index contributed by atoms with van der Waals surface area (Å²) >= 11 is 0. The van der Waals surface area contributed by atoms with Gasteiger partial charge in [-0.1, -0.05) is 12.1 Å². The number of carbonyl (C=O) groups excluding carboxylic acids is 2. The number of aliphatic hydroxyl groups excluding tert-OH is 1. The number of aliphatic carboxylic acids is 1. The average Bonchev–Trinajstić information content (AvgIpc) is 2.42. The van der Waals surface area contributed by atoms with Crippen molar-refractivity contribution >= 4 is 17.8 Å². The van der Waals surface area contributed by atoms with Gasteiger partial charge in [0, 0.05) is 0 Å². The van der Waals surface area contributed by atoms with Crippen LogP contribution in [0.15, 0.2) is 24.3 Å². The molecule has 0 aliphatic heterocycles. The zero-order chi connectivity index (χ0) is 15.1. The Kier molecular flexibility index (Phi) is 5.60. The topological polar surface area (TPSA) is 116 Å². The maximum Gasteiger partial charge on any atom is 0.334 e. The lowest BCUT2D eigenvalue weighted by Crippen LogP contribution is -2.42. The lowest BCUT2D eigenvalue weighted by Gasteiger charge is -2.09. The summed E-state index contributed by atoms with van der Waals surface area (Å²) in [6, 6.07) is 5.27. The highest BCUT2D eigenvalue weighted by atomic mass is 19.1. The van der Waals surface area contributed by atoms with E-state index in [-0.39, 0.29) is 5.56 Å². The van der Waals surface area contributed by atoms with Crippen molar-refractivity contribution in [2.45, 2.75) is 6.10 Å². The number of carboxylic acids is 1. The van der Waals surface area contributed by atoms with E-state index in [0.717, 1.165) is 6.07 Å². The summed E-state index contributed by atoms with van der Waals surface area (Å²) in [6.45, 7) is -0.941. The van der Waals surface area contributed by atoms with E-state index in [2.05, 4.69) is 10.6 Å². The van der Waals surface area contributed by atoms with Crippen LogP contribution in [-0.4, -0.2) is 47.2 Å². The lowest BCUT2D eigenvalue weighted by atomic mass is 10.2. The fraction of sp³-hybridized carbons (Fsp3) is 0.250. The van der Waals surface area contributed by atoms with Crippen LogP contribution in [0.1, 0.15) is 10.4 Å². The molecule has 0 aliphatic carbocycles. The number of hydrogen-bond donors (Lipinski definition) is 4. The summed E-state index contributed by atoms with van der Waals surface area (Å²) < 4.78 is 13.2. The highest BCUT2D eigenvalue weighted by Gasteiger charge is 2.15. The molecule has 1 unspecified atom stereocenters. The zero-order valence-corrected chi connectivity index (χ0v) is 10.3. The second-order valence-corrected chi connectivity index (χ2v) is 3.82. The molecule has 2 amide bonds. The second kappa shape index (κ2) is 7.19. The van der Waals surface area contributed by atoms with Crippen molar-refractivity contribution < 1.29 is 29.0 Å². The van der Waals surface area contributed by atoms with Crippen molar-refractivity contribution in [1.29, 1.82) is 0 Å².